The number of anilines is 2. The molecule has 0 radical (unpaired) electrons. The van der Waals surface area contributed by atoms with E-state index >= 15 is 0 Å². The van der Waals surface area contributed by atoms with Crippen LogP contribution in [0, 0.1) is 0 Å². The van der Waals surface area contributed by atoms with Gasteiger partial charge in [-0.25, -0.2) is 0 Å². The maximum atomic E-state index is 13.8. The van der Waals surface area contributed by atoms with Crippen LogP contribution in [0.1, 0.15) is 19.4 Å². The van der Waals surface area contributed by atoms with E-state index in [1.165, 1.54) is 25.9 Å². The molecule has 1 atom stereocenters. The van der Waals surface area contributed by atoms with Gasteiger partial charge >= 0.3 is 5.97 Å². The molecule has 0 saturated heterocycles. The molecule has 0 saturated carbocycles. The van der Waals surface area contributed by atoms with Crippen LogP contribution in [0.15, 0.2) is 42.5 Å². The molecule has 0 heterocycles. The molecule has 1 unspecified atom stereocenters. The summed E-state index contributed by atoms with van der Waals surface area (Å²) in [6.07, 6.45) is -0.106. The lowest BCUT2D eigenvalue weighted by molar-refractivity contribution is -0.139. The number of benzene rings is 2. The monoisotopic (exact) mass is 496 g/mol. The largest absolute Gasteiger partial charge is 0.469 e. The Kier molecular flexibility index (Phi) is 9.56. The van der Waals surface area contributed by atoms with Crippen LogP contribution < -0.4 is 10.2 Å². The standard InChI is InChI=1S/C22H22Cl2N2O5S/c1-13(27)25-18(12-32-14(2)28)22(30)26(21-16(23)8-6-9-17(21)24)19-10-5-4-7-15(19)11-20(29)31-3/h4-10,18H,11-12H2,1-3H3,(H,25,27). The highest BCUT2D eigenvalue weighted by atomic mass is 35.5. The van der Waals surface area contributed by atoms with E-state index in [4.69, 9.17) is 27.9 Å². The van der Waals surface area contributed by atoms with Gasteiger partial charge in [-0.15, -0.1) is 0 Å². The predicted octanol–water partition coefficient (Wildman–Crippen LogP) is 4.16. The average molecular weight is 497 g/mol. The van der Waals surface area contributed by atoms with E-state index in [0.717, 1.165) is 11.8 Å². The molecule has 1 N–H and O–H groups in total. The molecule has 0 spiro atoms. The second kappa shape index (κ2) is 11.9. The Labute approximate surface area is 200 Å². The van der Waals surface area contributed by atoms with Crippen molar-refractivity contribution in [2.45, 2.75) is 26.3 Å². The molecular formula is C22H22Cl2N2O5S. The first kappa shape index (κ1) is 25.7. The first-order valence-corrected chi connectivity index (χ1v) is 11.2. The normalized spacial score (nSPS) is 11.4. The van der Waals surface area contributed by atoms with Crippen LogP contribution in [0.3, 0.4) is 0 Å². The average Bonchev–Trinajstić information content (AvgIpc) is 2.73. The Balaban J connectivity index is 2.67. The quantitative estimate of drug-likeness (QED) is 0.551. The third kappa shape index (κ3) is 6.72. The van der Waals surface area contributed by atoms with E-state index in [0.29, 0.717) is 11.3 Å². The van der Waals surface area contributed by atoms with Gasteiger partial charge in [0.05, 0.1) is 35.0 Å². The van der Waals surface area contributed by atoms with Crippen LogP contribution in [0.4, 0.5) is 11.4 Å². The van der Waals surface area contributed by atoms with Crippen LogP contribution in [0.2, 0.25) is 10.0 Å². The van der Waals surface area contributed by atoms with Crippen LogP contribution in [-0.4, -0.2) is 41.8 Å². The summed E-state index contributed by atoms with van der Waals surface area (Å²) in [4.78, 5) is 50.3. The number of rotatable bonds is 8. The first-order valence-electron chi connectivity index (χ1n) is 9.48. The van der Waals surface area contributed by atoms with Gasteiger partial charge in [-0.3, -0.25) is 24.1 Å². The topological polar surface area (TPSA) is 92.8 Å². The Bertz CT molecular complexity index is 1010. The van der Waals surface area contributed by atoms with Crippen LogP contribution in [-0.2, 0) is 30.3 Å². The molecule has 170 valence electrons. The van der Waals surface area contributed by atoms with E-state index in [1.807, 2.05) is 0 Å². The van der Waals surface area contributed by atoms with Gasteiger partial charge in [0, 0.05) is 19.6 Å². The van der Waals surface area contributed by atoms with E-state index < -0.39 is 23.8 Å². The second-order valence-electron chi connectivity index (χ2n) is 6.68. The maximum absolute atomic E-state index is 13.8. The lowest BCUT2D eigenvalue weighted by Crippen LogP contribution is -2.48. The van der Waals surface area contributed by atoms with Gasteiger partial charge in [0.25, 0.3) is 5.91 Å². The molecule has 0 aliphatic carbocycles. The number of carbonyl (C=O) groups is 4. The van der Waals surface area contributed by atoms with Crippen molar-refractivity contribution in [3.05, 3.63) is 58.1 Å². The molecule has 0 aliphatic rings. The fourth-order valence-corrected chi connectivity index (χ4v) is 4.13. The minimum atomic E-state index is -1.06. The summed E-state index contributed by atoms with van der Waals surface area (Å²) in [6, 6.07) is 10.4. The number of nitrogens with zero attached hydrogens (tertiary/aromatic N) is 1. The minimum Gasteiger partial charge on any atom is -0.469 e. The summed E-state index contributed by atoms with van der Waals surface area (Å²) in [6.45, 7) is 2.64. The molecule has 2 aromatic rings. The van der Waals surface area contributed by atoms with Gasteiger partial charge in [-0.1, -0.05) is 59.2 Å². The number of methoxy groups -OCH3 is 1. The third-order valence-electron chi connectivity index (χ3n) is 4.31. The van der Waals surface area contributed by atoms with Crippen molar-refractivity contribution >= 4 is 69.2 Å². The number of halogens is 2. The van der Waals surface area contributed by atoms with Gasteiger partial charge in [0.15, 0.2) is 5.12 Å². The fraction of sp³-hybridized carbons (Fsp3) is 0.273. The highest BCUT2D eigenvalue weighted by molar-refractivity contribution is 8.13. The molecule has 10 heteroatoms. The summed E-state index contributed by atoms with van der Waals surface area (Å²) in [7, 11) is 1.27. The number of hydrogen-bond acceptors (Lipinski definition) is 6. The predicted molar refractivity (Wildman–Crippen MR) is 127 cm³/mol. The SMILES string of the molecule is COC(=O)Cc1ccccc1N(C(=O)C(CSC(C)=O)NC(C)=O)c1c(Cl)cccc1Cl. The van der Waals surface area contributed by atoms with Crippen molar-refractivity contribution in [2.24, 2.45) is 0 Å². The van der Waals surface area contributed by atoms with Crippen LogP contribution in [0.25, 0.3) is 0 Å². The first-order chi connectivity index (χ1) is 15.1. The Morgan fingerprint density at radius 2 is 1.66 bits per heavy atom. The van der Waals surface area contributed by atoms with Gasteiger partial charge < -0.3 is 10.1 Å². The second-order valence-corrected chi connectivity index (χ2v) is 8.69. The zero-order chi connectivity index (χ0) is 23.8. The number of esters is 1. The molecule has 2 rings (SSSR count). The lowest BCUT2D eigenvalue weighted by atomic mass is 10.1. The summed E-state index contributed by atoms with van der Waals surface area (Å²) in [5.41, 5.74) is 1.03. The maximum Gasteiger partial charge on any atom is 0.310 e. The number of amides is 2. The zero-order valence-electron chi connectivity index (χ0n) is 17.7. The number of hydrogen-bond donors (Lipinski definition) is 1. The highest BCUT2D eigenvalue weighted by Crippen LogP contribution is 2.40. The fourth-order valence-electron chi connectivity index (χ4n) is 2.93. The van der Waals surface area contributed by atoms with E-state index in [2.05, 4.69) is 5.32 Å². The number of nitrogens with one attached hydrogen (secondary N) is 1. The molecule has 2 aromatic carbocycles. The lowest BCUT2D eigenvalue weighted by Gasteiger charge is -2.30. The number of para-hydroxylation sites is 2. The summed E-state index contributed by atoms with van der Waals surface area (Å²) in [5, 5.41) is 2.77. The molecule has 0 bridgehead atoms. The number of carbonyl (C=O) groups excluding carboxylic acids is 4. The van der Waals surface area contributed by atoms with Crippen molar-refractivity contribution in [3.8, 4) is 0 Å². The van der Waals surface area contributed by atoms with E-state index in [9.17, 15) is 19.2 Å². The van der Waals surface area contributed by atoms with Gasteiger partial charge in [-0.2, -0.15) is 0 Å². The van der Waals surface area contributed by atoms with Gasteiger partial charge in [0.1, 0.15) is 6.04 Å². The van der Waals surface area contributed by atoms with Crippen molar-refractivity contribution < 1.29 is 23.9 Å². The summed E-state index contributed by atoms with van der Waals surface area (Å²) in [5.74, 6) is -1.51. The van der Waals surface area contributed by atoms with Crippen LogP contribution >= 0.6 is 35.0 Å². The Morgan fingerprint density at radius 3 is 2.22 bits per heavy atom. The third-order valence-corrected chi connectivity index (χ3v) is 5.82. The van der Waals surface area contributed by atoms with Crippen molar-refractivity contribution in [1.82, 2.24) is 5.32 Å². The molecule has 7 nitrogen and oxygen atoms in total. The highest BCUT2D eigenvalue weighted by Gasteiger charge is 2.32. The minimum absolute atomic E-state index is 0.00544. The van der Waals surface area contributed by atoms with Crippen LogP contribution in [0.5, 0.6) is 0 Å². The number of ether oxygens (including phenoxy) is 1. The Morgan fingerprint density at radius 1 is 1.03 bits per heavy atom. The number of thioether (sulfide) groups is 1. The smallest absolute Gasteiger partial charge is 0.310 e. The van der Waals surface area contributed by atoms with E-state index in [1.54, 1.807) is 42.5 Å². The summed E-state index contributed by atoms with van der Waals surface area (Å²) >= 11 is 13.8. The summed E-state index contributed by atoms with van der Waals surface area (Å²) < 4.78 is 4.78. The van der Waals surface area contributed by atoms with Crippen molar-refractivity contribution in [3.63, 3.8) is 0 Å². The molecule has 32 heavy (non-hydrogen) atoms. The van der Waals surface area contributed by atoms with Crippen molar-refractivity contribution in [2.75, 3.05) is 17.8 Å². The van der Waals surface area contributed by atoms with Crippen molar-refractivity contribution in [1.29, 1.82) is 0 Å². The van der Waals surface area contributed by atoms with Gasteiger partial charge in [-0.05, 0) is 23.8 Å². The van der Waals surface area contributed by atoms with Gasteiger partial charge in [0.2, 0.25) is 5.91 Å². The zero-order valence-corrected chi connectivity index (χ0v) is 20.0. The molecular weight excluding hydrogens is 475 g/mol. The molecule has 0 aromatic heterocycles. The Hall–Kier alpha value is -2.55. The molecule has 0 aliphatic heterocycles. The van der Waals surface area contributed by atoms with E-state index in [-0.39, 0.29) is 33.0 Å². The molecule has 2 amide bonds. The molecule has 0 fully saturated rings.